The number of hydrogen-bond donors (Lipinski definition) is 1. The van der Waals surface area contributed by atoms with Crippen molar-refractivity contribution in [3.05, 3.63) is 51.7 Å². The van der Waals surface area contributed by atoms with Gasteiger partial charge in [-0.1, -0.05) is 18.9 Å². The predicted molar refractivity (Wildman–Crippen MR) is 110 cm³/mol. The van der Waals surface area contributed by atoms with E-state index in [1.165, 1.54) is 25.6 Å². The van der Waals surface area contributed by atoms with Crippen LogP contribution in [0, 0.1) is 0 Å². The molecule has 1 N–H and O–H groups in total. The molecule has 1 amide bonds. The number of ether oxygens (including phenoxy) is 2. The maximum absolute atomic E-state index is 13.0. The smallest absolute Gasteiger partial charge is 0.295 e. The van der Waals surface area contributed by atoms with Crippen molar-refractivity contribution in [2.75, 3.05) is 14.2 Å². The number of benzene rings is 1. The minimum atomic E-state index is -0.636. The third-order valence-corrected chi connectivity index (χ3v) is 6.59. The maximum atomic E-state index is 13.0. The van der Waals surface area contributed by atoms with Crippen molar-refractivity contribution >= 4 is 28.8 Å². The van der Waals surface area contributed by atoms with Crippen molar-refractivity contribution in [3.63, 3.8) is 0 Å². The second kappa shape index (κ2) is 7.91. The number of ketones is 1. The van der Waals surface area contributed by atoms with Crippen molar-refractivity contribution in [1.29, 1.82) is 0 Å². The average molecular weight is 413 g/mol. The van der Waals surface area contributed by atoms with E-state index in [2.05, 4.69) is 0 Å². The van der Waals surface area contributed by atoms with E-state index in [0.29, 0.717) is 17.1 Å². The van der Waals surface area contributed by atoms with Crippen molar-refractivity contribution in [2.24, 2.45) is 0 Å². The lowest BCUT2D eigenvalue weighted by Crippen LogP contribution is -2.37. The summed E-state index contributed by atoms with van der Waals surface area (Å²) in [6, 6.07) is 8.20. The number of likely N-dealkylation sites (tertiary alicyclic amines) is 1. The van der Waals surface area contributed by atoms with Crippen LogP contribution in [0.4, 0.5) is 0 Å². The Hall–Kier alpha value is -2.80. The number of amides is 1. The first-order valence-electron chi connectivity index (χ1n) is 9.62. The van der Waals surface area contributed by atoms with Crippen molar-refractivity contribution < 1.29 is 24.2 Å². The van der Waals surface area contributed by atoms with E-state index in [1.807, 2.05) is 17.5 Å². The lowest BCUT2D eigenvalue weighted by atomic mass is 9.99. The van der Waals surface area contributed by atoms with E-state index in [1.54, 1.807) is 23.1 Å². The molecule has 1 aliphatic heterocycles. The van der Waals surface area contributed by atoms with Crippen LogP contribution in [0.3, 0.4) is 0 Å². The molecule has 0 radical (unpaired) electrons. The Labute approximate surface area is 173 Å². The van der Waals surface area contributed by atoms with Gasteiger partial charge in [0.05, 0.1) is 25.8 Å². The summed E-state index contributed by atoms with van der Waals surface area (Å²) in [6.07, 6.45) is 3.84. The van der Waals surface area contributed by atoms with Gasteiger partial charge in [-0.15, -0.1) is 11.3 Å². The van der Waals surface area contributed by atoms with Gasteiger partial charge in [-0.05, 0) is 42.5 Å². The second-order valence-electron chi connectivity index (χ2n) is 7.23. The van der Waals surface area contributed by atoms with E-state index >= 15 is 0 Å². The number of thiophene rings is 1. The molecule has 29 heavy (non-hydrogen) atoms. The number of carbonyl (C=O) groups excluding carboxylic acids is 2. The highest BCUT2D eigenvalue weighted by molar-refractivity contribution is 7.10. The molecule has 1 unspecified atom stereocenters. The largest absolute Gasteiger partial charge is 0.507 e. The van der Waals surface area contributed by atoms with Crippen LogP contribution in [-0.2, 0) is 9.59 Å². The molecule has 1 saturated carbocycles. The number of Topliss-reactive ketones (excluding diaryl/α,β-unsaturated/α-hetero) is 1. The number of methoxy groups -OCH3 is 2. The highest BCUT2D eigenvalue weighted by Gasteiger charge is 2.49. The lowest BCUT2D eigenvalue weighted by molar-refractivity contribution is -0.141. The van der Waals surface area contributed by atoms with Gasteiger partial charge in [0.25, 0.3) is 11.7 Å². The van der Waals surface area contributed by atoms with Gasteiger partial charge in [0, 0.05) is 16.5 Å². The Kier molecular flexibility index (Phi) is 5.32. The molecule has 6 nitrogen and oxygen atoms in total. The van der Waals surface area contributed by atoms with Crippen LogP contribution in [0.5, 0.6) is 11.5 Å². The molecule has 1 aliphatic carbocycles. The molecule has 0 spiro atoms. The molecule has 2 fully saturated rings. The normalized spacial score (nSPS) is 21.7. The van der Waals surface area contributed by atoms with Gasteiger partial charge in [-0.25, -0.2) is 0 Å². The fourth-order valence-electron chi connectivity index (χ4n) is 4.27. The zero-order chi connectivity index (χ0) is 20.5. The maximum Gasteiger partial charge on any atom is 0.295 e. The number of aliphatic hydroxyl groups excluding tert-OH is 1. The Morgan fingerprint density at radius 1 is 1.10 bits per heavy atom. The third-order valence-electron chi connectivity index (χ3n) is 5.67. The quantitative estimate of drug-likeness (QED) is 0.453. The number of carbonyl (C=O) groups is 2. The molecule has 2 aliphatic rings. The topological polar surface area (TPSA) is 76.1 Å². The summed E-state index contributed by atoms with van der Waals surface area (Å²) in [5, 5.41) is 13.0. The molecular formula is C22H23NO5S. The summed E-state index contributed by atoms with van der Waals surface area (Å²) in [7, 11) is 3.04. The Morgan fingerprint density at radius 2 is 1.83 bits per heavy atom. The first-order chi connectivity index (χ1) is 14.1. The summed E-state index contributed by atoms with van der Waals surface area (Å²) in [4.78, 5) is 28.5. The first kappa shape index (κ1) is 19.5. The van der Waals surface area contributed by atoms with E-state index in [4.69, 9.17) is 9.47 Å². The molecule has 1 atom stereocenters. The SMILES string of the molecule is COc1ccc(/C(O)=C2/C(=O)C(=O)N(C3CCCC3)C2c2cccs2)cc1OC. The van der Waals surface area contributed by atoms with Gasteiger partial charge in [0.1, 0.15) is 5.76 Å². The van der Waals surface area contributed by atoms with Crippen LogP contribution in [0.15, 0.2) is 41.3 Å². The van der Waals surface area contributed by atoms with E-state index in [9.17, 15) is 14.7 Å². The van der Waals surface area contributed by atoms with Gasteiger partial charge in [-0.2, -0.15) is 0 Å². The predicted octanol–water partition coefficient (Wildman–Crippen LogP) is 4.13. The summed E-state index contributed by atoms with van der Waals surface area (Å²) >= 11 is 1.48. The van der Waals surface area contributed by atoms with Gasteiger partial charge < -0.3 is 19.5 Å². The minimum Gasteiger partial charge on any atom is -0.507 e. The fraction of sp³-hybridized carbons (Fsp3) is 0.364. The lowest BCUT2D eigenvalue weighted by Gasteiger charge is -2.29. The fourth-order valence-corrected chi connectivity index (χ4v) is 5.11. The Bertz CT molecular complexity index is 960. The molecule has 2 aromatic rings. The highest BCUT2D eigenvalue weighted by atomic mass is 32.1. The van der Waals surface area contributed by atoms with Gasteiger partial charge >= 0.3 is 0 Å². The van der Waals surface area contributed by atoms with Crippen LogP contribution < -0.4 is 9.47 Å². The number of rotatable bonds is 5. The van der Waals surface area contributed by atoms with Gasteiger partial charge in [0.2, 0.25) is 0 Å². The molecular weight excluding hydrogens is 390 g/mol. The monoisotopic (exact) mass is 413 g/mol. The molecule has 1 saturated heterocycles. The van der Waals surface area contributed by atoms with Crippen molar-refractivity contribution in [1.82, 2.24) is 4.90 Å². The molecule has 0 bridgehead atoms. The summed E-state index contributed by atoms with van der Waals surface area (Å²) < 4.78 is 10.6. The summed E-state index contributed by atoms with van der Waals surface area (Å²) in [6.45, 7) is 0. The van der Waals surface area contributed by atoms with Crippen molar-refractivity contribution in [3.8, 4) is 11.5 Å². The number of aliphatic hydroxyl groups is 1. The average Bonchev–Trinajstić information content (AvgIpc) is 3.49. The van der Waals surface area contributed by atoms with Crippen LogP contribution in [0.1, 0.15) is 42.2 Å². The Morgan fingerprint density at radius 3 is 2.45 bits per heavy atom. The van der Waals surface area contributed by atoms with E-state index < -0.39 is 17.7 Å². The van der Waals surface area contributed by atoms with Crippen molar-refractivity contribution in [2.45, 2.75) is 37.8 Å². The zero-order valence-electron chi connectivity index (χ0n) is 16.4. The molecule has 2 heterocycles. The van der Waals surface area contributed by atoms with Gasteiger partial charge in [0.15, 0.2) is 11.5 Å². The van der Waals surface area contributed by atoms with Crippen LogP contribution in [0.2, 0.25) is 0 Å². The number of nitrogens with zero attached hydrogens (tertiary/aromatic N) is 1. The number of hydrogen-bond acceptors (Lipinski definition) is 6. The molecule has 1 aromatic heterocycles. The van der Waals surface area contributed by atoms with E-state index in [-0.39, 0.29) is 17.4 Å². The summed E-state index contributed by atoms with van der Waals surface area (Å²) in [5.74, 6) is -0.400. The highest BCUT2D eigenvalue weighted by Crippen LogP contribution is 2.45. The van der Waals surface area contributed by atoms with Gasteiger partial charge in [-0.3, -0.25) is 9.59 Å². The van der Waals surface area contributed by atoms with Crippen LogP contribution in [-0.4, -0.2) is 42.0 Å². The Balaban J connectivity index is 1.85. The zero-order valence-corrected chi connectivity index (χ0v) is 17.2. The molecule has 152 valence electrons. The van der Waals surface area contributed by atoms with Crippen LogP contribution >= 0.6 is 11.3 Å². The summed E-state index contributed by atoms with van der Waals surface area (Å²) in [5.41, 5.74) is 0.546. The third kappa shape index (κ3) is 3.29. The van der Waals surface area contributed by atoms with E-state index in [0.717, 1.165) is 30.6 Å². The van der Waals surface area contributed by atoms with Crippen LogP contribution in [0.25, 0.3) is 5.76 Å². The minimum absolute atomic E-state index is 0.0225. The molecule has 4 rings (SSSR count). The first-order valence-corrected chi connectivity index (χ1v) is 10.5. The molecule has 7 heteroatoms. The second-order valence-corrected chi connectivity index (χ2v) is 8.21. The molecule has 1 aromatic carbocycles. The standard InChI is InChI=1S/C22H23NO5S/c1-27-15-10-9-13(12-16(15)28-2)20(24)18-19(17-8-5-11-29-17)23(22(26)21(18)25)14-6-3-4-7-14/h5,8-12,14,19,24H,3-4,6-7H2,1-2H3/b20-18-.